The fraction of sp³-hybridized carbons (Fsp3) is 0.562. The number of hydrogen-bond donors (Lipinski definition) is 1. The van der Waals surface area contributed by atoms with Gasteiger partial charge in [0.2, 0.25) is 0 Å². The van der Waals surface area contributed by atoms with Gasteiger partial charge in [-0.25, -0.2) is 0 Å². The molecule has 1 aliphatic heterocycles. The highest BCUT2D eigenvalue weighted by Crippen LogP contribution is 2.28. The van der Waals surface area contributed by atoms with Gasteiger partial charge in [0.25, 0.3) is 0 Å². The number of aryl methyl sites for hydroxylation is 1. The highest BCUT2D eigenvalue weighted by atomic mass is 16.5. The summed E-state index contributed by atoms with van der Waals surface area (Å²) in [5.41, 5.74) is 2.73. The number of ether oxygens (including phenoxy) is 1. The highest BCUT2D eigenvalue weighted by Gasteiger charge is 2.18. The fourth-order valence-corrected chi connectivity index (χ4v) is 2.76. The molecule has 19 heavy (non-hydrogen) atoms. The molecule has 3 nitrogen and oxygen atoms in total. The minimum Gasteiger partial charge on any atom is -0.466 e. The molecule has 0 atom stereocenters. The lowest BCUT2D eigenvalue weighted by Crippen LogP contribution is -2.27. The summed E-state index contributed by atoms with van der Waals surface area (Å²) in [5.74, 6) is 0.544. The zero-order chi connectivity index (χ0) is 13.5. The van der Waals surface area contributed by atoms with Gasteiger partial charge in [0, 0.05) is 6.42 Å². The van der Waals surface area contributed by atoms with Crippen LogP contribution in [0, 0.1) is 0 Å². The van der Waals surface area contributed by atoms with E-state index in [1.54, 1.807) is 0 Å². The summed E-state index contributed by atoms with van der Waals surface area (Å²) in [4.78, 5) is 11.5. The predicted octanol–water partition coefficient (Wildman–Crippen LogP) is 2.65. The summed E-state index contributed by atoms with van der Waals surface area (Å²) in [5, 5.41) is 3.40. The molecule has 1 aliphatic rings. The van der Waals surface area contributed by atoms with Gasteiger partial charge in [0.15, 0.2) is 0 Å². The second-order valence-electron chi connectivity index (χ2n) is 5.03. The van der Waals surface area contributed by atoms with E-state index in [1.165, 1.54) is 24.0 Å². The van der Waals surface area contributed by atoms with Gasteiger partial charge in [-0.1, -0.05) is 24.3 Å². The predicted molar refractivity (Wildman–Crippen MR) is 76.2 cm³/mol. The molecule has 104 valence electrons. The number of piperidine rings is 1. The van der Waals surface area contributed by atoms with Crippen LogP contribution in [0.1, 0.15) is 43.2 Å². The summed E-state index contributed by atoms with van der Waals surface area (Å²) >= 11 is 0. The van der Waals surface area contributed by atoms with Gasteiger partial charge in [0.05, 0.1) is 6.61 Å². The van der Waals surface area contributed by atoms with Crippen molar-refractivity contribution in [1.29, 1.82) is 0 Å². The number of carbonyl (C=O) groups excluding carboxylic acids is 1. The summed E-state index contributed by atoms with van der Waals surface area (Å²) in [6.45, 7) is 4.50. The van der Waals surface area contributed by atoms with E-state index in [2.05, 4.69) is 29.6 Å². The molecule has 0 radical (unpaired) electrons. The number of carbonyl (C=O) groups is 1. The Morgan fingerprint density at radius 1 is 1.32 bits per heavy atom. The Hall–Kier alpha value is -1.35. The zero-order valence-corrected chi connectivity index (χ0v) is 11.7. The molecule has 1 fully saturated rings. The molecule has 1 saturated heterocycles. The third-order valence-corrected chi connectivity index (χ3v) is 3.74. The molecule has 1 N–H and O–H groups in total. The van der Waals surface area contributed by atoms with E-state index in [9.17, 15) is 4.79 Å². The molecular formula is C16H23NO2. The quantitative estimate of drug-likeness (QED) is 0.828. The topological polar surface area (TPSA) is 38.3 Å². The fourth-order valence-electron chi connectivity index (χ4n) is 2.76. The number of hydrogen-bond acceptors (Lipinski definition) is 3. The maximum atomic E-state index is 11.5. The first kappa shape index (κ1) is 14.1. The van der Waals surface area contributed by atoms with Crippen molar-refractivity contribution in [2.75, 3.05) is 19.7 Å². The van der Waals surface area contributed by atoms with Crippen LogP contribution in [0.3, 0.4) is 0 Å². The molecule has 1 aromatic rings. The first-order valence-corrected chi connectivity index (χ1v) is 7.25. The van der Waals surface area contributed by atoms with E-state index in [4.69, 9.17) is 4.74 Å². The smallest absolute Gasteiger partial charge is 0.306 e. The second kappa shape index (κ2) is 7.29. The molecule has 0 saturated carbocycles. The van der Waals surface area contributed by atoms with Crippen molar-refractivity contribution >= 4 is 5.97 Å². The maximum Gasteiger partial charge on any atom is 0.306 e. The molecule has 1 heterocycles. The van der Waals surface area contributed by atoms with Crippen LogP contribution in [0.25, 0.3) is 0 Å². The molecule has 0 aromatic heterocycles. The van der Waals surface area contributed by atoms with Crippen LogP contribution in [0.5, 0.6) is 0 Å². The molecule has 0 aliphatic carbocycles. The number of nitrogens with one attached hydrogen (secondary N) is 1. The summed E-state index contributed by atoms with van der Waals surface area (Å²) in [6, 6.07) is 8.53. The van der Waals surface area contributed by atoms with Crippen LogP contribution >= 0.6 is 0 Å². The van der Waals surface area contributed by atoms with E-state index in [-0.39, 0.29) is 5.97 Å². The van der Waals surface area contributed by atoms with Crippen LogP contribution < -0.4 is 5.32 Å². The average molecular weight is 261 g/mol. The Balaban J connectivity index is 2.01. The van der Waals surface area contributed by atoms with Gasteiger partial charge in [-0.3, -0.25) is 4.79 Å². The molecule has 0 bridgehead atoms. The Morgan fingerprint density at radius 3 is 2.79 bits per heavy atom. The van der Waals surface area contributed by atoms with E-state index in [1.807, 2.05) is 6.92 Å². The zero-order valence-electron chi connectivity index (χ0n) is 11.7. The van der Waals surface area contributed by atoms with Crippen LogP contribution in [0.15, 0.2) is 24.3 Å². The summed E-state index contributed by atoms with van der Waals surface area (Å²) < 4.78 is 5.00. The average Bonchev–Trinajstić information content (AvgIpc) is 2.47. The van der Waals surface area contributed by atoms with Crippen molar-refractivity contribution in [3.05, 3.63) is 35.4 Å². The highest BCUT2D eigenvalue weighted by molar-refractivity contribution is 5.69. The van der Waals surface area contributed by atoms with Gasteiger partial charge >= 0.3 is 5.97 Å². The third kappa shape index (κ3) is 4.06. The van der Waals surface area contributed by atoms with E-state index < -0.39 is 0 Å². The molecule has 0 unspecified atom stereocenters. The van der Waals surface area contributed by atoms with Crippen molar-refractivity contribution in [2.24, 2.45) is 0 Å². The SMILES string of the molecule is CCOC(=O)CCc1ccccc1C1CCNCC1. The minimum absolute atomic E-state index is 0.0948. The Morgan fingerprint density at radius 2 is 2.05 bits per heavy atom. The van der Waals surface area contributed by atoms with Crippen molar-refractivity contribution < 1.29 is 9.53 Å². The number of benzene rings is 1. The first-order chi connectivity index (χ1) is 9.31. The normalized spacial score (nSPS) is 16.3. The van der Waals surface area contributed by atoms with Crippen molar-refractivity contribution in [2.45, 2.75) is 38.5 Å². The second-order valence-corrected chi connectivity index (χ2v) is 5.03. The van der Waals surface area contributed by atoms with Gasteiger partial charge < -0.3 is 10.1 Å². The molecule has 0 amide bonds. The Kier molecular flexibility index (Phi) is 5.40. The summed E-state index contributed by atoms with van der Waals surface area (Å²) in [7, 11) is 0. The Bertz CT molecular complexity index is 411. The van der Waals surface area contributed by atoms with Crippen molar-refractivity contribution in [3.63, 3.8) is 0 Å². The van der Waals surface area contributed by atoms with Gasteiger partial charge in [-0.2, -0.15) is 0 Å². The van der Waals surface area contributed by atoms with Gasteiger partial charge in [0.1, 0.15) is 0 Å². The van der Waals surface area contributed by atoms with Crippen LogP contribution in [-0.4, -0.2) is 25.7 Å². The Labute approximate surface area is 115 Å². The molecule has 3 heteroatoms. The van der Waals surface area contributed by atoms with Gasteiger partial charge in [-0.15, -0.1) is 0 Å². The number of rotatable bonds is 5. The van der Waals surface area contributed by atoms with Crippen molar-refractivity contribution in [1.82, 2.24) is 5.32 Å². The van der Waals surface area contributed by atoms with E-state index >= 15 is 0 Å². The van der Waals surface area contributed by atoms with Crippen molar-refractivity contribution in [3.8, 4) is 0 Å². The van der Waals surface area contributed by atoms with Gasteiger partial charge in [-0.05, 0) is 56.3 Å². The standard InChI is InChI=1S/C16H23NO2/c1-2-19-16(18)8-7-13-5-3-4-6-15(13)14-9-11-17-12-10-14/h3-6,14,17H,2,7-12H2,1H3. The van der Waals surface area contributed by atoms with E-state index in [0.717, 1.165) is 19.5 Å². The monoisotopic (exact) mass is 261 g/mol. The van der Waals surface area contributed by atoms with Crippen LogP contribution in [0.4, 0.5) is 0 Å². The lowest BCUT2D eigenvalue weighted by atomic mass is 9.86. The van der Waals surface area contributed by atoms with Crippen LogP contribution in [0.2, 0.25) is 0 Å². The third-order valence-electron chi connectivity index (χ3n) is 3.74. The summed E-state index contributed by atoms with van der Waals surface area (Å²) in [6.07, 6.45) is 3.65. The molecule has 0 spiro atoms. The molecular weight excluding hydrogens is 238 g/mol. The lowest BCUT2D eigenvalue weighted by Gasteiger charge is -2.25. The first-order valence-electron chi connectivity index (χ1n) is 7.25. The van der Waals surface area contributed by atoms with Crippen LogP contribution in [-0.2, 0) is 16.0 Å². The maximum absolute atomic E-state index is 11.5. The molecule has 1 aromatic carbocycles. The lowest BCUT2D eigenvalue weighted by molar-refractivity contribution is -0.143. The molecule has 2 rings (SSSR count). The largest absolute Gasteiger partial charge is 0.466 e. The number of esters is 1. The minimum atomic E-state index is -0.0948. The van der Waals surface area contributed by atoms with E-state index in [0.29, 0.717) is 18.9 Å².